The number of carbonyl (C=O) groups excluding carboxylic acids is 1. The Kier molecular flexibility index (Phi) is 6.16. The topological polar surface area (TPSA) is 72.9 Å². The van der Waals surface area contributed by atoms with Crippen molar-refractivity contribution < 1.29 is 39.7 Å². The van der Waals surface area contributed by atoms with Crippen molar-refractivity contribution in [2.75, 3.05) is 6.54 Å². The fourth-order valence-electron chi connectivity index (χ4n) is 3.34. The van der Waals surface area contributed by atoms with Gasteiger partial charge in [-0.1, -0.05) is 18.2 Å². The van der Waals surface area contributed by atoms with Gasteiger partial charge in [0, 0.05) is 6.54 Å². The number of fused-ring (bicyclic) bond motifs is 1. The Balaban J connectivity index is 2.08. The second-order valence-electron chi connectivity index (χ2n) is 8.22. The Morgan fingerprint density at radius 2 is 1.69 bits per heavy atom. The molecule has 0 aliphatic carbocycles. The van der Waals surface area contributed by atoms with E-state index >= 15 is 0 Å². The second-order valence-corrected chi connectivity index (χ2v) is 9.76. The van der Waals surface area contributed by atoms with Crippen LogP contribution in [0.4, 0.5) is 22.4 Å². The molecule has 0 saturated carbocycles. The van der Waals surface area contributed by atoms with Gasteiger partial charge in [-0.2, -0.15) is 21.6 Å². The number of halogens is 4. The van der Waals surface area contributed by atoms with Crippen LogP contribution >= 0.6 is 0 Å². The van der Waals surface area contributed by atoms with Crippen molar-refractivity contribution in [2.24, 2.45) is 0 Å². The van der Waals surface area contributed by atoms with E-state index in [-0.39, 0.29) is 6.54 Å². The van der Waals surface area contributed by atoms with E-state index in [4.69, 9.17) is 4.74 Å². The predicted octanol–water partition coefficient (Wildman–Crippen LogP) is 4.94. The average Bonchev–Trinajstić information content (AvgIpc) is 2.65. The summed E-state index contributed by atoms with van der Waals surface area (Å²) in [5.74, 6) is -1.07. The third-order valence-electron chi connectivity index (χ3n) is 4.65. The second kappa shape index (κ2) is 8.27. The Hall–Kier alpha value is -2.82. The first-order valence-corrected chi connectivity index (χ1v) is 11.0. The molecule has 32 heavy (non-hydrogen) atoms. The van der Waals surface area contributed by atoms with Gasteiger partial charge >= 0.3 is 21.7 Å². The molecule has 3 rings (SSSR count). The van der Waals surface area contributed by atoms with E-state index in [1.54, 1.807) is 20.8 Å². The minimum absolute atomic E-state index is 0.227. The summed E-state index contributed by atoms with van der Waals surface area (Å²) in [6.45, 7) is 5.28. The number of carbonyl (C=O) groups is 1. The zero-order valence-corrected chi connectivity index (χ0v) is 18.3. The fraction of sp³-hybridized carbons (Fsp3) is 0.381. The van der Waals surface area contributed by atoms with Gasteiger partial charge in [0.05, 0.1) is 6.04 Å². The molecule has 0 saturated heterocycles. The summed E-state index contributed by atoms with van der Waals surface area (Å²) in [6, 6.07) is 8.09. The first-order chi connectivity index (χ1) is 14.7. The molecule has 1 aliphatic rings. The summed E-state index contributed by atoms with van der Waals surface area (Å²) in [4.78, 5) is 14.2. The molecular weight excluding hydrogens is 454 g/mol. The van der Waals surface area contributed by atoms with Gasteiger partial charge in [-0.05, 0) is 68.1 Å². The lowest BCUT2D eigenvalue weighted by Crippen LogP contribution is -2.43. The Bertz CT molecular complexity index is 1110. The molecule has 1 amide bonds. The third kappa shape index (κ3) is 5.14. The van der Waals surface area contributed by atoms with Crippen LogP contribution in [0.1, 0.15) is 43.5 Å². The molecule has 0 N–H and O–H groups in total. The third-order valence-corrected chi connectivity index (χ3v) is 5.63. The molecule has 1 aliphatic heterocycles. The van der Waals surface area contributed by atoms with Crippen LogP contribution in [-0.2, 0) is 21.3 Å². The summed E-state index contributed by atoms with van der Waals surface area (Å²) in [5.41, 5.74) is -4.91. The largest absolute Gasteiger partial charge is 0.534 e. The van der Waals surface area contributed by atoms with E-state index < -0.39 is 44.9 Å². The van der Waals surface area contributed by atoms with E-state index in [2.05, 4.69) is 4.18 Å². The highest BCUT2D eigenvalue weighted by molar-refractivity contribution is 7.88. The van der Waals surface area contributed by atoms with Gasteiger partial charge < -0.3 is 8.92 Å². The number of hydrogen-bond donors (Lipinski definition) is 0. The zero-order chi connectivity index (χ0) is 23.9. The average molecular weight is 475 g/mol. The Labute approximate surface area is 182 Å². The van der Waals surface area contributed by atoms with E-state index in [1.807, 2.05) is 0 Å². The quantitative estimate of drug-likeness (QED) is 0.357. The molecule has 0 bridgehead atoms. The predicted molar refractivity (Wildman–Crippen MR) is 107 cm³/mol. The normalized spacial score (nSPS) is 17.0. The van der Waals surface area contributed by atoms with Crippen LogP contribution in [0.15, 0.2) is 42.5 Å². The van der Waals surface area contributed by atoms with Crippen molar-refractivity contribution >= 4 is 16.2 Å². The van der Waals surface area contributed by atoms with Gasteiger partial charge in [0.25, 0.3) is 0 Å². The molecule has 174 valence electrons. The maximum absolute atomic E-state index is 13.5. The monoisotopic (exact) mass is 475 g/mol. The summed E-state index contributed by atoms with van der Waals surface area (Å²) in [5, 5.41) is 0. The molecule has 1 atom stereocenters. The Morgan fingerprint density at radius 3 is 2.25 bits per heavy atom. The highest BCUT2D eigenvalue weighted by atomic mass is 32.2. The summed E-state index contributed by atoms with van der Waals surface area (Å²) >= 11 is 0. The molecule has 11 heteroatoms. The van der Waals surface area contributed by atoms with Crippen LogP contribution in [-0.4, -0.2) is 37.1 Å². The van der Waals surface area contributed by atoms with Crippen molar-refractivity contribution in [3.05, 3.63) is 65.0 Å². The van der Waals surface area contributed by atoms with E-state index in [9.17, 15) is 30.8 Å². The number of rotatable bonds is 3. The molecule has 2 aromatic carbocycles. The van der Waals surface area contributed by atoms with Gasteiger partial charge in [0.1, 0.15) is 17.2 Å². The number of nitrogens with zero attached hydrogens (tertiary/aromatic N) is 1. The van der Waals surface area contributed by atoms with Crippen molar-refractivity contribution in [3.8, 4) is 5.75 Å². The van der Waals surface area contributed by atoms with Crippen LogP contribution in [0, 0.1) is 5.82 Å². The number of alkyl halides is 3. The van der Waals surface area contributed by atoms with E-state index in [0.717, 1.165) is 12.1 Å². The minimum atomic E-state index is -5.87. The molecule has 0 spiro atoms. The lowest BCUT2D eigenvalue weighted by atomic mass is 9.88. The van der Waals surface area contributed by atoms with Crippen molar-refractivity contribution in [1.29, 1.82) is 0 Å². The van der Waals surface area contributed by atoms with Gasteiger partial charge in [0.15, 0.2) is 0 Å². The van der Waals surface area contributed by atoms with Crippen LogP contribution in [0.5, 0.6) is 5.75 Å². The standard InChI is InChI=1S/C21H21F4NO5S/c1-20(2,3)30-19(27)26-11-10-13-6-9-16(31-32(28,29)21(23,24)25)12-17(13)18(26)14-4-7-15(22)8-5-14/h4-9,12,18H,10-11H2,1-3H3/t18-/m0/s1. The van der Waals surface area contributed by atoms with Crippen LogP contribution in [0.2, 0.25) is 0 Å². The maximum atomic E-state index is 13.5. The maximum Gasteiger partial charge on any atom is 0.534 e. The van der Waals surface area contributed by atoms with Crippen molar-refractivity contribution in [3.63, 3.8) is 0 Å². The highest BCUT2D eigenvalue weighted by Gasteiger charge is 2.48. The number of hydrogen-bond acceptors (Lipinski definition) is 5. The number of benzene rings is 2. The summed E-state index contributed by atoms with van der Waals surface area (Å²) < 4.78 is 84.3. The molecule has 1 heterocycles. The summed E-state index contributed by atoms with van der Waals surface area (Å²) in [6.07, 6.45) is -0.329. The SMILES string of the molecule is CC(C)(C)OC(=O)N1CCc2ccc(OS(=O)(=O)C(F)(F)F)cc2[C@@H]1c1ccc(F)cc1. The minimum Gasteiger partial charge on any atom is -0.444 e. The molecule has 0 radical (unpaired) electrons. The van der Waals surface area contributed by atoms with Crippen LogP contribution < -0.4 is 4.18 Å². The van der Waals surface area contributed by atoms with Crippen molar-refractivity contribution in [1.82, 2.24) is 4.90 Å². The smallest absolute Gasteiger partial charge is 0.444 e. The molecule has 0 unspecified atom stereocenters. The van der Waals surface area contributed by atoms with Crippen LogP contribution in [0.3, 0.4) is 0 Å². The molecule has 6 nitrogen and oxygen atoms in total. The first-order valence-electron chi connectivity index (χ1n) is 9.56. The number of ether oxygens (including phenoxy) is 1. The van der Waals surface area contributed by atoms with Crippen molar-refractivity contribution in [2.45, 2.75) is 44.3 Å². The molecular formula is C21H21F4NO5S. The summed E-state index contributed by atoms with van der Waals surface area (Å²) in [7, 11) is -5.87. The molecule has 0 fully saturated rings. The molecule has 2 aromatic rings. The van der Waals surface area contributed by atoms with Crippen LogP contribution in [0.25, 0.3) is 0 Å². The lowest BCUT2D eigenvalue weighted by molar-refractivity contribution is -0.0500. The molecule has 0 aromatic heterocycles. The zero-order valence-electron chi connectivity index (χ0n) is 17.4. The lowest BCUT2D eigenvalue weighted by Gasteiger charge is -2.38. The van der Waals surface area contributed by atoms with Gasteiger partial charge in [-0.15, -0.1) is 0 Å². The Morgan fingerprint density at radius 1 is 1.06 bits per heavy atom. The van der Waals surface area contributed by atoms with Gasteiger partial charge in [-0.25, -0.2) is 9.18 Å². The first kappa shape index (κ1) is 23.8. The van der Waals surface area contributed by atoms with E-state index in [1.165, 1.54) is 35.2 Å². The van der Waals surface area contributed by atoms with Gasteiger partial charge in [-0.3, -0.25) is 4.90 Å². The highest BCUT2D eigenvalue weighted by Crippen LogP contribution is 2.39. The van der Waals surface area contributed by atoms with Gasteiger partial charge in [0.2, 0.25) is 0 Å². The van der Waals surface area contributed by atoms with E-state index in [0.29, 0.717) is 23.1 Å². The fourth-order valence-corrected chi connectivity index (χ4v) is 3.79. The number of amides is 1.